The fraction of sp³-hybridized carbons (Fsp3) is 0.778. The smallest absolute Gasteiger partial charge is 0.481 e. The van der Waals surface area contributed by atoms with E-state index in [0.717, 1.165) is 12.8 Å². The van der Waals surface area contributed by atoms with Crippen LogP contribution in [-0.4, -0.2) is 27.4 Å². The Morgan fingerprint density at radius 3 is 1.71 bits per heavy atom. The molecule has 0 aromatic rings. The monoisotopic (exact) mass is 206 g/mol. The average Bonchev–Trinajstić information content (AvgIpc) is 2.02. The Labute approximate surface area is 83.4 Å². The van der Waals surface area contributed by atoms with Gasteiger partial charge in [-0.15, -0.1) is 0 Å². The second-order valence-electron chi connectivity index (χ2n) is 2.84. The molecule has 0 aliphatic rings. The molecule has 0 unspecified atom stereocenters. The van der Waals surface area contributed by atoms with E-state index in [4.69, 9.17) is 20.1 Å². The molecule has 14 heavy (non-hydrogen) atoms. The van der Waals surface area contributed by atoms with Crippen molar-refractivity contribution in [2.75, 3.05) is 0 Å². The predicted molar refractivity (Wildman–Crippen MR) is 51.7 cm³/mol. The van der Waals surface area contributed by atoms with Crippen LogP contribution in [0.2, 0.25) is 0 Å². The van der Waals surface area contributed by atoms with Crippen LogP contribution in [-0.2, 0) is 4.79 Å². The zero-order valence-electron chi connectivity index (χ0n) is 8.40. The molecule has 0 saturated carbocycles. The molecule has 0 aliphatic heterocycles. The maximum atomic E-state index is 10.0. The fourth-order valence-electron chi connectivity index (χ4n) is 0.880. The van der Waals surface area contributed by atoms with E-state index in [1.165, 1.54) is 19.3 Å². The molecule has 84 valence electrons. The Morgan fingerprint density at radius 1 is 0.929 bits per heavy atom. The number of unbranched alkanes of at least 4 members (excludes halogenated alkanes) is 4. The molecule has 0 amide bonds. The van der Waals surface area contributed by atoms with E-state index < -0.39 is 12.1 Å². The molecular formula is C9H18O5. The van der Waals surface area contributed by atoms with Crippen LogP contribution in [0, 0.1) is 0 Å². The van der Waals surface area contributed by atoms with E-state index in [1.54, 1.807) is 0 Å². The highest BCUT2D eigenvalue weighted by molar-refractivity contribution is 5.66. The zero-order chi connectivity index (χ0) is 11.4. The Balaban J connectivity index is 0. The topological polar surface area (TPSA) is 94.8 Å². The summed E-state index contributed by atoms with van der Waals surface area (Å²) in [5, 5.41) is 22.2. The number of carbonyl (C=O) groups is 2. The molecule has 0 atom stereocenters. The molecule has 0 rings (SSSR count). The van der Waals surface area contributed by atoms with E-state index in [1.807, 2.05) is 0 Å². The normalized spacial score (nSPS) is 8.64. The van der Waals surface area contributed by atoms with E-state index in [-0.39, 0.29) is 0 Å². The van der Waals surface area contributed by atoms with Gasteiger partial charge in [0.15, 0.2) is 0 Å². The van der Waals surface area contributed by atoms with Crippen molar-refractivity contribution in [1.29, 1.82) is 0 Å². The van der Waals surface area contributed by atoms with Gasteiger partial charge in [0.25, 0.3) is 0 Å². The standard InChI is InChI=1S/C8H16O2.CH2O3/c1-2-3-4-5-6-7-8(9)10;2-1(3)4/h2-7H2,1H3,(H,9,10);(H2,2,3,4). The lowest BCUT2D eigenvalue weighted by Crippen LogP contribution is -1.93. The molecule has 0 fully saturated rings. The maximum Gasteiger partial charge on any atom is 0.503 e. The number of hydrogen-bond acceptors (Lipinski definition) is 2. The van der Waals surface area contributed by atoms with Crippen LogP contribution in [0.25, 0.3) is 0 Å². The molecule has 5 nitrogen and oxygen atoms in total. The third-order valence-electron chi connectivity index (χ3n) is 1.49. The Morgan fingerprint density at radius 2 is 1.36 bits per heavy atom. The van der Waals surface area contributed by atoms with E-state index in [2.05, 4.69) is 6.92 Å². The van der Waals surface area contributed by atoms with Crippen molar-refractivity contribution < 1.29 is 24.9 Å². The summed E-state index contributed by atoms with van der Waals surface area (Å²) in [5.74, 6) is -0.670. The number of rotatable bonds is 6. The molecule has 5 heteroatoms. The van der Waals surface area contributed by atoms with E-state index in [9.17, 15) is 4.79 Å². The molecule has 3 N–H and O–H groups in total. The molecular weight excluding hydrogens is 188 g/mol. The second-order valence-corrected chi connectivity index (χ2v) is 2.84. The first kappa shape index (κ1) is 15.2. The van der Waals surface area contributed by atoms with Crippen molar-refractivity contribution in [3.8, 4) is 0 Å². The van der Waals surface area contributed by atoms with Crippen molar-refractivity contribution in [2.24, 2.45) is 0 Å². The summed E-state index contributed by atoms with van der Waals surface area (Å²) < 4.78 is 0. The average molecular weight is 206 g/mol. The van der Waals surface area contributed by atoms with Gasteiger partial charge in [0.1, 0.15) is 0 Å². The minimum atomic E-state index is -1.83. The molecule has 0 aromatic carbocycles. The fourth-order valence-corrected chi connectivity index (χ4v) is 0.880. The SMILES string of the molecule is CCCCCCCC(=O)O.O=C(O)O. The Bertz CT molecular complexity index is 151. The van der Waals surface area contributed by atoms with Crippen LogP contribution in [0.5, 0.6) is 0 Å². The van der Waals surface area contributed by atoms with Gasteiger partial charge in [-0.25, -0.2) is 4.79 Å². The van der Waals surface area contributed by atoms with Crippen molar-refractivity contribution >= 4 is 12.1 Å². The summed E-state index contributed by atoms with van der Waals surface area (Å²) in [6, 6.07) is 0. The van der Waals surface area contributed by atoms with Gasteiger partial charge < -0.3 is 15.3 Å². The van der Waals surface area contributed by atoms with Crippen molar-refractivity contribution in [3.63, 3.8) is 0 Å². The van der Waals surface area contributed by atoms with Crippen molar-refractivity contribution in [3.05, 3.63) is 0 Å². The number of carboxylic acid groups (broad SMARTS) is 3. The highest BCUT2D eigenvalue weighted by Gasteiger charge is 1.94. The second kappa shape index (κ2) is 11.7. The van der Waals surface area contributed by atoms with Crippen molar-refractivity contribution in [2.45, 2.75) is 45.4 Å². The van der Waals surface area contributed by atoms with E-state index >= 15 is 0 Å². The van der Waals surface area contributed by atoms with Gasteiger partial charge in [-0.3, -0.25) is 4.79 Å². The highest BCUT2D eigenvalue weighted by atomic mass is 16.6. The van der Waals surface area contributed by atoms with Crippen LogP contribution in [0.1, 0.15) is 45.4 Å². The lowest BCUT2D eigenvalue weighted by molar-refractivity contribution is -0.137. The van der Waals surface area contributed by atoms with Gasteiger partial charge in [0.05, 0.1) is 0 Å². The molecule has 0 heterocycles. The van der Waals surface area contributed by atoms with Gasteiger partial charge in [-0.2, -0.15) is 0 Å². The molecule has 0 radical (unpaired) electrons. The largest absolute Gasteiger partial charge is 0.503 e. The van der Waals surface area contributed by atoms with Crippen LogP contribution >= 0.6 is 0 Å². The first-order valence-electron chi connectivity index (χ1n) is 4.64. The predicted octanol–water partition coefficient (Wildman–Crippen LogP) is 2.65. The quantitative estimate of drug-likeness (QED) is 0.580. The molecule has 0 aliphatic carbocycles. The lowest BCUT2D eigenvalue weighted by atomic mass is 10.1. The van der Waals surface area contributed by atoms with Gasteiger partial charge in [0, 0.05) is 6.42 Å². The lowest BCUT2D eigenvalue weighted by Gasteiger charge is -1.95. The van der Waals surface area contributed by atoms with Crippen molar-refractivity contribution in [1.82, 2.24) is 0 Å². The minimum Gasteiger partial charge on any atom is -0.481 e. The zero-order valence-corrected chi connectivity index (χ0v) is 8.40. The molecule has 0 spiro atoms. The molecule has 0 bridgehead atoms. The number of aliphatic carboxylic acids is 1. The van der Waals surface area contributed by atoms with Crippen LogP contribution in [0.15, 0.2) is 0 Å². The van der Waals surface area contributed by atoms with Gasteiger partial charge in [-0.1, -0.05) is 32.6 Å². The summed E-state index contributed by atoms with van der Waals surface area (Å²) >= 11 is 0. The summed E-state index contributed by atoms with van der Waals surface area (Å²) in [5.41, 5.74) is 0. The third kappa shape index (κ3) is 30.9. The highest BCUT2D eigenvalue weighted by Crippen LogP contribution is 2.04. The number of carboxylic acids is 1. The first-order valence-corrected chi connectivity index (χ1v) is 4.64. The Kier molecular flexibility index (Phi) is 12.8. The minimum absolute atomic E-state index is 0.337. The van der Waals surface area contributed by atoms with Crippen LogP contribution in [0.4, 0.5) is 4.79 Å². The molecule has 0 saturated heterocycles. The third-order valence-corrected chi connectivity index (χ3v) is 1.49. The van der Waals surface area contributed by atoms with Gasteiger partial charge >= 0.3 is 12.1 Å². The summed E-state index contributed by atoms with van der Waals surface area (Å²) in [6.07, 6.45) is 4.05. The van der Waals surface area contributed by atoms with Crippen LogP contribution < -0.4 is 0 Å². The Hall–Kier alpha value is -1.26. The first-order chi connectivity index (χ1) is 6.50. The molecule has 0 aromatic heterocycles. The summed E-state index contributed by atoms with van der Waals surface area (Å²) in [4.78, 5) is 18.6. The summed E-state index contributed by atoms with van der Waals surface area (Å²) in [7, 11) is 0. The number of hydrogen-bond donors (Lipinski definition) is 3. The van der Waals surface area contributed by atoms with Gasteiger partial charge in [0.2, 0.25) is 0 Å². The van der Waals surface area contributed by atoms with Gasteiger partial charge in [-0.05, 0) is 6.42 Å². The van der Waals surface area contributed by atoms with E-state index in [0.29, 0.717) is 6.42 Å². The van der Waals surface area contributed by atoms with Crippen LogP contribution in [0.3, 0.4) is 0 Å². The summed E-state index contributed by atoms with van der Waals surface area (Å²) in [6.45, 7) is 2.15. The maximum absolute atomic E-state index is 10.0.